The average molecular weight is 295 g/mol. The van der Waals surface area contributed by atoms with Crippen LogP contribution >= 0.6 is 0 Å². The third-order valence-corrected chi connectivity index (χ3v) is 5.10. The SMILES string of the molecule is CC(C)NCC(=O)NCC1(N2CCCCC2)CCCCC1. The van der Waals surface area contributed by atoms with Crippen molar-refractivity contribution >= 4 is 5.91 Å². The molecule has 0 atom stereocenters. The van der Waals surface area contributed by atoms with Crippen LogP contribution in [0.3, 0.4) is 0 Å². The van der Waals surface area contributed by atoms with Gasteiger partial charge in [0.1, 0.15) is 0 Å². The molecule has 4 nitrogen and oxygen atoms in total. The summed E-state index contributed by atoms with van der Waals surface area (Å²) in [6, 6.07) is 0.362. The highest BCUT2D eigenvalue weighted by Crippen LogP contribution is 2.35. The number of nitrogens with one attached hydrogen (secondary N) is 2. The molecule has 122 valence electrons. The summed E-state index contributed by atoms with van der Waals surface area (Å²) in [4.78, 5) is 14.7. The zero-order chi connectivity index (χ0) is 15.1. The predicted octanol–water partition coefficient (Wildman–Crippen LogP) is 2.29. The normalized spacial score (nSPS) is 23.2. The Labute approximate surface area is 130 Å². The third-order valence-electron chi connectivity index (χ3n) is 5.10. The van der Waals surface area contributed by atoms with Gasteiger partial charge in [-0.05, 0) is 38.8 Å². The van der Waals surface area contributed by atoms with Crippen molar-refractivity contribution in [3.05, 3.63) is 0 Å². The summed E-state index contributed by atoms with van der Waals surface area (Å²) in [6.45, 7) is 7.87. The first-order valence-corrected chi connectivity index (χ1v) is 8.87. The number of rotatable bonds is 6. The molecule has 0 aromatic rings. The van der Waals surface area contributed by atoms with E-state index < -0.39 is 0 Å². The number of hydrogen-bond acceptors (Lipinski definition) is 3. The Kier molecular flexibility index (Phi) is 6.49. The number of nitrogens with zero attached hydrogens (tertiary/aromatic N) is 1. The van der Waals surface area contributed by atoms with Crippen LogP contribution < -0.4 is 10.6 Å². The molecule has 0 unspecified atom stereocenters. The number of likely N-dealkylation sites (tertiary alicyclic amines) is 1. The van der Waals surface area contributed by atoms with Gasteiger partial charge in [0, 0.05) is 18.1 Å². The van der Waals surface area contributed by atoms with Crippen molar-refractivity contribution in [3.63, 3.8) is 0 Å². The van der Waals surface area contributed by atoms with Crippen molar-refractivity contribution in [3.8, 4) is 0 Å². The highest BCUT2D eigenvalue weighted by atomic mass is 16.1. The second-order valence-corrected chi connectivity index (χ2v) is 7.15. The largest absolute Gasteiger partial charge is 0.353 e. The highest BCUT2D eigenvalue weighted by Gasteiger charge is 2.38. The van der Waals surface area contributed by atoms with Gasteiger partial charge in [-0.3, -0.25) is 9.69 Å². The van der Waals surface area contributed by atoms with Crippen LogP contribution in [-0.2, 0) is 4.79 Å². The first kappa shape index (κ1) is 16.8. The maximum Gasteiger partial charge on any atom is 0.234 e. The summed E-state index contributed by atoms with van der Waals surface area (Å²) >= 11 is 0. The Hall–Kier alpha value is -0.610. The van der Waals surface area contributed by atoms with E-state index in [1.807, 2.05) is 0 Å². The molecule has 0 aromatic heterocycles. The number of piperidine rings is 1. The Morgan fingerprint density at radius 2 is 1.67 bits per heavy atom. The summed E-state index contributed by atoms with van der Waals surface area (Å²) in [6.07, 6.45) is 10.5. The lowest BCUT2D eigenvalue weighted by Gasteiger charge is -2.48. The molecule has 4 heteroatoms. The Morgan fingerprint density at radius 1 is 1.05 bits per heavy atom. The lowest BCUT2D eigenvalue weighted by molar-refractivity contribution is -0.121. The fourth-order valence-corrected chi connectivity index (χ4v) is 3.81. The van der Waals surface area contributed by atoms with Gasteiger partial charge in [-0.2, -0.15) is 0 Å². The smallest absolute Gasteiger partial charge is 0.234 e. The Balaban J connectivity index is 1.88. The zero-order valence-corrected chi connectivity index (χ0v) is 13.9. The molecule has 2 fully saturated rings. The molecule has 2 rings (SSSR count). The van der Waals surface area contributed by atoms with E-state index in [0.29, 0.717) is 12.6 Å². The van der Waals surface area contributed by atoms with Crippen molar-refractivity contribution in [2.24, 2.45) is 0 Å². The molecule has 1 saturated heterocycles. The maximum atomic E-state index is 12.0. The lowest BCUT2D eigenvalue weighted by atomic mass is 9.79. The van der Waals surface area contributed by atoms with Gasteiger partial charge in [0.25, 0.3) is 0 Å². The second-order valence-electron chi connectivity index (χ2n) is 7.15. The fourth-order valence-electron chi connectivity index (χ4n) is 3.81. The molecular formula is C17H33N3O. The standard InChI is InChI=1S/C17H33N3O/c1-15(2)18-13-16(21)19-14-17(9-5-3-6-10-17)20-11-7-4-8-12-20/h15,18H,3-14H2,1-2H3,(H,19,21). The summed E-state index contributed by atoms with van der Waals surface area (Å²) in [7, 11) is 0. The minimum Gasteiger partial charge on any atom is -0.353 e. The van der Waals surface area contributed by atoms with E-state index in [0.717, 1.165) is 6.54 Å². The van der Waals surface area contributed by atoms with Gasteiger partial charge in [-0.1, -0.05) is 39.5 Å². The molecule has 21 heavy (non-hydrogen) atoms. The minimum absolute atomic E-state index is 0.144. The maximum absolute atomic E-state index is 12.0. The first-order valence-electron chi connectivity index (χ1n) is 8.87. The van der Waals surface area contributed by atoms with Crippen LogP contribution in [0.25, 0.3) is 0 Å². The van der Waals surface area contributed by atoms with Gasteiger partial charge in [-0.15, -0.1) is 0 Å². The van der Waals surface area contributed by atoms with E-state index in [1.54, 1.807) is 0 Å². The number of amides is 1. The molecule has 0 bridgehead atoms. The van der Waals surface area contributed by atoms with E-state index in [9.17, 15) is 4.79 Å². The van der Waals surface area contributed by atoms with Gasteiger partial charge in [0.15, 0.2) is 0 Å². The van der Waals surface area contributed by atoms with Crippen LogP contribution in [0.2, 0.25) is 0 Å². The molecule has 1 amide bonds. The molecule has 0 radical (unpaired) electrons. The van der Waals surface area contributed by atoms with Gasteiger partial charge >= 0.3 is 0 Å². The fraction of sp³-hybridized carbons (Fsp3) is 0.941. The molecule has 1 aliphatic heterocycles. The molecule has 1 heterocycles. The number of hydrogen-bond donors (Lipinski definition) is 2. The van der Waals surface area contributed by atoms with Crippen molar-refractivity contribution in [2.45, 2.75) is 76.8 Å². The summed E-state index contributed by atoms with van der Waals surface area (Å²) in [5.74, 6) is 0.144. The van der Waals surface area contributed by atoms with Crippen LogP contribution in [-0.4, -0.2) is 48.6 Å². The van der Waals surface area contributed by atoms with E-state index >= 15 is 0 Å². The van der Waals surface area contributed by atoms with Gasteiger partial charge in [0.2, 0.25) is 5.91 Å². The Bertz CT molecular complexity index is 318. The van der Waals surface area contributed by atoms with Crippen LogP contribution in [0.1, 0.15) is 65.2 Å². The monoisotopic (exact) mass is 295 g/mol. The first-order chi connectivity index (χ1) is 10.1. The lowest BCUT2D eigenvalue weighted by Crippen LogP contribution is -2.58. The highest BCUT2D eigenvalue weighted by molar-refractivity contribution is 5.78. The number of carbonyl (C=O) groups excluding carboxylic acids is 1. The van der Waals surface area contributed by atoms with Crippen LogP contribution in [0.4, 0.5) is 0 Å². The van der Waals surface area contributed by atoms with Crippen molar-refractivity contribution in [2.75, 3.05) is 26.2 Å². The average Bonchev–Trinajstić information content (AvgIpc) is 2.52. The van der Waals surface area contributed by atoms with E-state index in [1.165, 1.54) is 64.5 Å². The summed E-state index contributed by atoms with van der Waals surface area (Å²) in [5.41, 5.74) is 0.242. The molecule has 1 saturated carbocycles. The molecule has 1 aliphatic carbocycles. The van der Waals surface area contributed by atoms with Crippen LogP contribution in [0.15, 0.2) is 0 Å². The second kappa shape index (κ2) is 8.14. The van der Waals surface area contributed by atoms with Crippen molar-refractivity contribution in [1.82, 2.24) is 15.5 Å². The molecule has 2 N–H and O–H groups in total. The van der Waals surface area contributed by atoms with E-state index in [4.69, 9.17) is 0 Å². The van der Waals surface area contributed by atoms with Crippen LogP contribution in [0, 0.1) is 0 Å². The minimum atomic E-state index is 0.144. The van der Waals surface area contributed by atoms with Crippen LogP contribution in [0.5, 0.6) is 0 Å². The van der Waals surface area contributed by atoms with E-state index in [2.05, 4.69) is 29.4 Å². The van der Waals surface area contributed by atoms with Gasteiger partial charge in [-0.25, -0.2) is 0 Å². The van der Waals surface area contributed by atoms with Crippen molar-refractivity contribution < 1.29 is 4.79 Å². The molecule has 0 spiro atoms. The third kappa shape index (κ3) is 4.96. The molecule has 0 aromatic carbocycles. The molecule has 2 aliphatic rings. The van der Waals surface area contributed by atoms with Gasteiger partial charge in [0.05, 0.1) is 6.54 Å². The quantitative estimate of drug-likeness (QED) is 0.790. The predicted molar refractivity (Wildman–Crippen MR) is 87.4 cm³/mol. The van der Waals surface area contributed by atoms with E-state index in [-0.39, 0.29) is 11.4 Å². The van der Waals surface area contributed by atoms with Crippen molar-refractivity contribution in [1.29, 1.82) is 0 Å². The van der Waals surface area contributed by atoms with Gasteiger partial charge < -0.3 is 10.6 Å². The zero-order valence-electron chi connectivity index (χ0n) is 13.9. The summed E-state index contributed by atoms with van der Waals surface area (Å²) in [5, 5.41) is 6.40. The topological polar surface area (TPSA) is 44.4 Å². The number of carbonyl (C=O) groups is 1. The summed E-state index contributed by atoms with van der Waals surface area (Å²) < 4.78 is 0. The Morgan fingerprint density at radius 3 is 2.29 bits per heavy atom. The molecular weight excluding hydrogens is 262 g/mol.